The van der Waals surface area contributed by atoms with Crippen molar-refractivity contribution in [3.05, 3.63) is 44.6 Å². The van der Waals surface area contributed by atoms with E-state index >= 15 is 0 Å². The SMILES string of the molecule is Cn1cc(CCCNC(=O)CSCc2nc3sc4c(c3c(=O)[nH]2)CCCC4)cn1. The number of fused-ring (bicyclic) bond motifs is 3. The molecule has 4 rings (SSSR count). The first kappa shape index (κ1) is 20.2. The molecule has 9 heteroatoms. The van der Waals surface area contributed by atoms with Gasteiger partial charge in [-0.15, -0.1) is 23.1 Å². The lowest BCUT2D eigenvalue weighted by Crippen LogP contribution is -2.26. The fourth-order valence-electron chi connectivity index (χ4n) is 3.69. The molecule has 0 aromatic carbocycles. The van der Waals surface area contributed by atoms with E-state index in [1.165, 1.54) is 34.2 Å². The van der Waals surface area contributed by atoms with Crippen LogP contribution in [-0.2, 0) is 36.9 Å². The van der Waals surface area contributed by atoms with Gasteiger partial charge in [-0.25, -0.2) is 4.98 Å². The van der Waals surface area contributed by atoms with E-state index < -0.39 is 0 Å². The minimum Gasteiger partial charge on any atom is -0.355 e. The minimum atomic E-state index is -0.0372. The van der Waals surface area contributed by atoms with E-state index in [0.717, 1.165) is 42.3 Å². The summed E-state index contributed by atoms with van der Waals surface area (Å²) in [7, 11) is 1.90. The summed E-state index contributed by atoms with van der Waals surface area (Å²) in [4.78, 5) is 34.3. The van der Waals surface area contributed by atoms with Crippen molar-refractivity contribution in [1.82, 2.24) is 25.1 Å². The number of thioether (sulfide) groups is 1. The molecule has 29 heavy (non-hydrogen) atoms. The van der Waals surface area contributed by atoms with E-state index in [2.05, 4.69) is 20.4 Å². The molecule has 1 aliphatic rings. The smallest absolute Gasteiger partial charge is 0.259 e. The van der Waals surface area contributed by atoms with Crippen molar-refractivity contribution in [3.63, 3.8) is 0 Å². The van der Waals surface area contributed by atoms with Gasteiger partial charge >= 0.3 is 0 Å². The van der Waals surface area contributed by atoms with Crippen LogP contribution >= 0.6 is 23.1 Å². The molecule has 0 atom stereocenters. The average molecular weight is 432 g/mol. The summed E-state index contributed by atoms with van der Waals surface area (Å²) in [6, 6.07) is 0. The fourth-order valence-corrected chi connectivity index (χ4v) is 5.69. The molecule has 7 nitrogen and oxygen atoms in total. The second-order valence-electron chi connectivity index (χ2n) is 7.37. The maximum absolute atomic E-state index is 12.5. The second-order valence-corrected chi connectivity index (χ2v) is 9.44. The topological polar surface area (TPSA) is 92.7 Å². The molecule has 0 saturated heterocycles. The highest BCUT2D eigenvalue weighted by Crippen LogP contribution is 2.33. The number of H-pyrrole nitrogens is 1. The normalized spacial score (nSPS) is 13.6. The van der Waals surface area contributed by atoms with Crippen molar-refractivity contribution in [3.8, 4) is 0 Å². The molecular weight excluding hydrogens is 406 g/mol. The van der Waals surface area contributed by atoms with Gasteiger partial charge in [-0.3, -0.25) is 14.3 Å². The van der Waals surface area contributed by atoms with E-state index in [4.69, 9.17) is 0 Å². The van der Waals surface area contributed by atoms with Gasteiger partial charge in [0.15, 0.2) is 0 Å². The highest BCUT2D eigenvalue weighted by molar-refractivity contribution is 7.99. The number of carbonyl (C=O) groups is 1. The Morgan fingerprint density at radius 1 is 1.38 bits per heavy atom. The summed E-state index contributed by atoms with van der Waals surface area (Å²) in [5.41, 5.74) is 2.34. The number of aromatic nitrogens is 4. The van der Waals surface area contributed by atoms with Crippen molar-refractivity contribution in [2.45, 2.75) is 44.3 Å². The van der Waals surface area contributed by atoms with Crippen LogP contribution in [0, 0.1) is 0 Å². The molecule has 0 fully saturated rings. The molecule has 0 spiro atoms. The van der Waals surface area contributed by atoms with Crippen LogP contribution in [-0.4, -0.2) is 38.0 Å². The van der Waals surface area contributed by atoms with Crippen LogP contribution in [0.2, 0.25) is 0 Å². The quantitative estimate of drug-likeness (QED) is 0.535. The first-order valence-electron chi connectivity index (χ1n) is 9.95. The van der Waals surface area contributed by atoms with E-state index in [1.807, 2.05) is 19.4 Å². The first-order chi connectivity index (χ1) is 14.1. The van der Waals surface area contributed by atoms with Crippen LogP contribution in [0.25, 0.3) is 10.2 Å². The molecule has 3 aromatic rings. The van der Waals surface area contributed by atoms with Crippen molar-refractivity contribution >= 4 is 39.2 Å². The molecule has 1 aliphatic carbocycles. The number of carbonyl (C=O) groups excluding carboxylic acids is 1. The van der Waals surface area contributed by atoms with Gasteiger partial charge in [0.1, 0.15) is 10.7 Å². The number of hydrogen-bond donors (Lipinski definition) is 2. The lowest BCUT2D eigenvalue weighted by atomic mass is 9.97. The third-order valence-electron chi connectivity index (χ3n) is 5.07. The number of amides is 1. The number of nitrogens with one attached hydrogen (secondary N) is 2. The van der Waals surface area contributed by atoms with Gasteiger partial charge in [0.25, 0.3) is 5.56 Å². The Hall–Kier alpha value is -2.13. The van der Waals surface area contributed by atoms with E-state index in [1.54, 1.807) is 16.0 Å². The molecule has 0 radical (unpaired) electrons. The Balaban J connectivity index is 1.24. The Labute approximate surface area is 177 Å². The third kappa shape index (κ3) is 4.90. The summed E-state index contributed by atoms with van der Waals surface area (Å²) >= 11 is 3.13. The van der Waals surface area contributed by atoms with Crippen LogP contribution in [0.4, 0.5) is 0 Å². The summed E-state index contributed by atoms with van der Waals surface area (Å²) in [6.07, 6.45) is 10.0. The molecule has 0 bridgehead atoms. The van der Waals surface area contributed by atoms with Gasteiger partial charge in [-0.2, -0.15) is 5.10 Å². The van der Waals surface area contributed by atoms with Gasteiger partial charge in [-0.1, -0.05) is 0 Å². The minimum absolute atomic E-state index is 0.0104. The zero-order valence-corrected chi connectivity index (χ0v) is 18.1. The molecule has 0 unspecified atom stereocenters. The lowest BCUT2D eigenvalue weighted by Gasteiger charge is -2.09. The maximum atomic E-state index is 12.5. The van der Waals surface area contributed by atoms with Crippen LogP contribution in [0.3, 0.4) is 0 Å². The van der Waals surface area contributed by atoms with Gasteiger partial charge < -0.3 is 10.3 Å². The molecule has 3 heterocycles. The van der Waals surface area contributed by atoms with Gasteiger partial charge in [0, 0.05) is 24.7 Å². The van der Waals surface area contributed by atoms with Gasteiger partial charge in [-0.05, 0) is 49.7 Å². The monoisotopic (exact) mass is 431 g/mol. The predicted molar refractivity (Wildman–Crippen MR) is 118 cm³/mol. The molecule has 3 aromatic heterocycles. The lowest BCUT2D eigenvalue weighted by molar-refractivity contribution is -0.118. The number of thiophene rings is 1. The van der Waals surface area contributed by atoms with Crippen LogP contribution in [0.5, 0.6) is 0 Å². The first-order valence-corrected chi connectivity index (χ1v) is 11.9. The predicted octanol–water partition coefficient (Wildman–Crippen LogP) is 2.58. The van der Waals surface area contributed by atoms with Crippen LogP contribution in [0.15, 0.2) is 17.2 Å². The standard InChI is InChI=1S/C20H25N5O2S2/c1-25-10-13(9-22-25)5-4-8-21-17(26)12-28-11-16-23-19(27)18-14-6-2-3-7-15(14)29-20(18)24-16/h9-10H,2-8,11-12H2,1H3,(H,21,26)(H,23,24,27). The van der Waals surface area contributed by atoms with Gasteiger partial charge in [0.2, 0.25) is 5.91 Å². The molecular formula is C20H25N5O2S2. The van der Waals surface area contributed by atoms with Crippen molar-refractivity contribution in [2.75, 3.05) is 12.3 Å². The molecule has 0 aliphatic heterocycles. The Morgan fingerprint density at radius 2 is 2.24 bits per heavy atom. The maximum Gasteiger partial charge on any atom is 0.259 e. The zero-order valence-electron chi connectivity index (χ0n) is 16.5. The van der Waals surface area contributed by atoms with Gasteiger partial charge in [0.05, 0.1) is 23.1 Å². The molecule has 1 amide bonds. The summed E-state index contributed by atoms with van der Waals surface area (Å²) in [5, 5.41) is 7.86. The summed E-state index contributed by atoms with van der Waals surface area (Å²) in [5.74, 6) is 1.54. The molecule has 2 N–H and O–H groups in total. The number of nitrogens with zero attached hydrogens (tertiary/aromatic N) is 3. The number of aryl methyl sites for hydroxylation is 4. The van der Waals surface area contributed by atoms with Crippen molar-refractivity contribution < 1.29 is 4.79 Å². The van der Waals surface area contributed by atoms with Crippen molar-refractivity contribution in [2.24, 2.45) is 7.05 Å². The van der Waals surface area contributed by atoms with E-state index in [0.29, 0.717) is 23.9 Å². The van der Waals surface area contributed by atoms with E-state index in [-0.39, 0.29) is 11.5 Å². The Morgan fingerprint density at radius 3 is 3.07 bits per heavy atom. The van der Waals surface area contributed by atoms with Crippen molar-refractivity contribution in [1.29, 1.82) is 0 Å². The van der Waals surface area contributed by atoms with Crippen LogP contribution in [0.1, 0.15) is 41.1 Å². The third-order valence-corrected chi connectivity index (χ3v) is 7.20. The zero-order chi connectivity index (χ0) is 20.2. The fraction of sp³-hybridized carbons (Fsp3) is 0.500. The summed E-state index contributed by atoms with van der Waals surface area (Å²) in [6.45, 7) is 0.649. The number of aromatic amines is 1. The summed E-state index contributed by atoms with van der Waals surface area (Å²) < 4.78 is 1.78. The Bertz CT molecular complexity index is 1070. The highest BCUT2D eigenvalue weighted by Gasteiger charge is 2.19. The Kier molecular flexibility index (Phi) is 6.34. The largest absolute Gasteiger partial charge is 0.355 e. The number of rotatable bonds is 8. The highest BCUT2D eigenvalue weighted by atomic mass is 32.2. The second kappa shape index (κ2) is 9.13. The molecule has 0 saturated carbocycles. The van der Waals surface area contributed by atoms with Crippen LogP contribution < -0.4 is 10.9 Å². The number of hydrogen-bond acceptors (Lipinski definition) is 6. The average Bonchev–Trinajstić information content (AvgIpc) is 3.28. The van der Waals surface area contributed by atoms with E-state index in [9.17, 15) is 9.59 Å². The molecule has 154 valence electrons.